The highest BCUT2D eigenvalue weighted by Crippen LogP contribution is 2.24. The molecule has 0 amide bonds. The van der Waals surface area contributed by atoms with E-state index in [4.69, 9.17) is 9.47 Å². The number of ether oxygens (including phenoxy) is 2. The molecule has 0 aromatic carbocycles. The SMILES string of the molecule is CCCCCC/C=C\CCSSCCCC(=O)OC[C@H](CCN(C)C)OC(=O)CCCSSCC/C=C\CCCCCC. The molecule has 0 aromatic rings. The molecule has 0 bridgehead atoms. The molecule has 0 saturated heterocycles. The minimum Gasteiger partial charge on any atom is -0.462 e. The second-order valence-electron chi connectivity index (χ2n) is 11.1. The maximum Gasteiger partial charge on any atom is 0.306 e. The topological polar surface area (TPSA) is 55.8 Å². The minimum atomic E-state index is -0.390. The fourth-order valence-corrected chi connectivity index (χ4v) is 8.11. The summed E-state index contributed by atoms with van der Waals surface area (Å²) in [7, 11) is 11.4. The standard InChI is InChI=1S/C34H63NO4S4/c1-5-7-9-11-13-15-17-19-27-40-42-29-21-23-33(36)38-31-32(25-26-35(3)4)39-34(37)24-22-30-43-41-28-20-18-16-14-12-10-8-6-2/h15-18,32H,5-14,19-31H2,1-4H3/b17-15-,18-16-/t32-/m0/s1. The normalized spacial score (nSPS) is 12.5. The second kappa shape index (κ2) is 34.6. The van der Waals surface area contributed by atoms with Crippen LogP contribution in [0.2, 0.25) is 0 Å². The maximum atomic E-state index is 12.4. The molecule has 0 spiro atoms. The Labute approximate surface area is 281 Å². The molecule has 252 valence electrons. The van der Waals surface area contributed by atoms with Crippen LogP contribution in [0.1, 0.15) is 123 Å². The summed E-state index contributed by atoms with van der Waals surface area (Å²) in [5, 5.41) is 0. The van der Waals surface area contributed by atoms with Gasteiger partial charge in [0.25, 0.3) is 0 Å². The van der Waals surface area contributed by atoms with Crippen LogP contribution in [-0.4, -0.2) is 73.2 Å². The molecule has 0 saturated carbocycles. The number of carbonyl (C=O) groups is 2. The van der Waals surface area contributed by atoms with E-state index in [0.29, 0.717) is 19.3 Å². The Balaban J connectivity index is 3.91. The van der Waals surface area contributed by atoms with Crippen LogP contribution in [0.15, 0.2) is 24.3 Å². The Bertz CT molecular complexity index is 691. The van der Waals surface area contributed by atoms with Gasteiger partial charge in [0.2, 0.25) is 0 Å². The van der Waals surface area contributed by atoms with Crippen molar-refractivity contribution < 1.29 is 19.1 Å². The zero-order chi connectivity index (χ0) is 31.6. The third-order valence-corrected chi connectivity index (χ3v) is 11.6. The number of carbonyl (C=O) groups excluding carboxylic acids is 2. The first-order valence-corrected chi connectivity index (χ1v) is 21.8. The van der Waals surface area contributed by atoms with Crippen LogP contribution in [0.5, 0.6) is 0 Å². The molecule has 43 heavy (non-hydrogen) atoms. The van der Waals surface area contributed by atoms with Gasteiger partial charge in [-0.25, -0.2) is 0 Å². The first-order valence-electron chi connectivity index (χ1n) is 16.8. The highest BCUT2D eigenvalue weighted by molar-refractivity contribution is 8.77. The Morgan fingerprint density at radius 3 is 1.63 bits per heavy atom. The Morgan fingerprint density at radius 1 is 0.628 bits per heavy atom. The van der Waals surface area contributed by atoms with Crippen LogP contribution >= 0.6 is 43.2 Å². The smallest absolute Gasteiger partial charge is 0.306 e. The van der Waals surface area contributed by atoms with E-state index < -0.39 is 0 Å². The van der Waals surface area contributed by atoms with Gasteiger partial charge in [0.1, 0.15) is 12.7 Å². The molecule has 1 atom stereocenters. The Morgan fingerprint density at radius 2 is 1.12 bits per heavy atom. The minimum absolute atomic E-state index is 0.141. The van der Waals surface area contributed by atoms with E-state index in [9.17, 15) is 9.59 Å². The molecule has 0 aromatic heterocycles. The number of rotatable bonds is 32. The van der Waals surface area contributed by atoms with Gasteiger partial charge in [-0.2, -0.15) is 0 Å². The fraction of sp³-hybridized carbons (Fsp3) is 0.824. The molecule has 0 unspecified atom stereocenters. The van der Waals surface area contributed by atoms with E-state index in [-0.39, 0.29) is 24.6 Å². The largest absolute Gasteiger partial charge is 0.462 e. The van der Waals surface area contributed by atoms with Crippen molar-refractivity contribution in [1.29, 1.82) is 0 Å². The summed E-state index contributed by atoms with van der Waals surface area (Å²) in [6.45, 7) is 5.41. The van der Waals surface area contributed by atoms with Gasteiger partial charge in [-0.3, -0.25) is 9.59 Å². The lowest BCUT2D eigenvalue weighted by molar-refractivity contribution is -0.159. The quantitative estimate of drug-likeness (QED) is 0.0300. The van der Waals surface area contributed by atoms with Gasteiger partial charge in [-0.15, -0.1) is 0 Å². The number of unbranched alkanes of at least 4 members (excludes halogenated alkanes) is 8. The van der Waals surface area contributed by atoms with Crippen molar-refractivity contribution in [3.05, 3.63) is 24.3 Å². The molecule has 0 aliphatic carbocycles. The number of esters is 2. The molecular weight excluding hydrogens is 615 g/mol. The highest BCUT2D eigenvalue weighted by atomic mass is 33.1. The molecule has 9 heteroatoms. The van der Waals surface area contributed by atoms with Crippen molar-refractivity contribution in [2.24, 2.45) is 0 Å². The number of allylic oxidation sites excluding steroid dienone is 4. The highest BCUT2D eigenvalue weighted by Gasteiger charge is 2.17. The van der Waals surface area contributed by atoms with Crippen LogP contribution in [0.4, 0.5) is 0 Å². The van der Waals surface area contributed by atoms with E-state index in [1.165, 1.54) is 64.2 Å². The number of nitrogens with zero attached hydrogens (tertiary/aromatic N) is 1. The molecule has 0 aliphatic rings. The molecule has 0 N–H and O–H groups in total. The molecule has 0 fully saturated rings. The summed E-state index contributed by atoms with van der Waals surface area (Å²) >= 11 is 0. The zero-order valence-corrected chi connectivity index (χ0v) is 31.1. The maximum absolute atomic E-state index is 12.4. The number of hydrogen-bond acceptors (Lipinski definition) is 9. The third kappa shape index (κ3) is 34.5. The van der Waals surface area contributed by atoms with E-state index in [1.54, 1.807) is 0 Å². The van der Waals surface area contributed by atoms with Crippen molar-refractivity contribution in [1.82, 2.24) is 4.90 Å². The van der Waals surface area contributed by atoms with E-state index in [2.05, 4.69) is 43.1 Å². The summed E-state index contributed by atoms with van der Waals surface area (Å²) in [5.74, 6) is 3.68. The summed E-state index contributed by atoms with van der Waals surface area (Å²) in [4.78, 5) is 26.8. The average Bonchev–Trinajstić information content (AvgIpc) is 2.99. The first kappa shape index (κ1) is 42.8. The van der Waals surface area contributed by atoms with Crippen LogP contribution in [0.3, 0.4) is 0 Å². The Kier molecular flexibility index (Phi) is 34.5. The first-order chi connectivity index (χ1) is 21.0. The van der Waals surface area contributed by atoms with E-state index in [0.717, 1.165) is 55.2 Å². The fourth-order valence-electron chi connectivity index (χ4n) is 3.95. The molecule has 0 rings (SSSR count). The van der Waals surface area contributed by atoms with Crippen LogP contribution in [0.25, 0.3) is 0 Å². The van der Waals surface area contributed by atoms with Gasteiger partial charge < -0.3 is 14.4 Å². The summed E-state index contributed by atoms with van der Waals surface area (Å²) in [6.07, 6.45) is 27.1. The van der Waals surface area contributed by atoms with Gasteiger partial charge in [-0.1, -0.05) is 120 Å². The van der Waals surface area contributed by atoms with Gasteiger partial charge in [-0.05, 0) is 65.5 Å². The molecular formula is C34H63NO4S4. The predicted molar refractivity (Wildman–Crippen MR) is 197 cm³/mol. The number of hydrogen-bond donors (Lipinski definition) is 0. The molecule has 0 heterocycles. The summed E-state index contributed by atoms with van der Waals surface area (Å²) in [6, 6.07) is 0. The lowest BCUT2D eigenvalue weighted by Gasteiger charge is -2.20. The van der Waals surface area contributed by atoms with Crippen molar-refractivity contribution in [2.45, 2.75) is 129 Å². The lowest BCUT2D eigenvalue weighted by Crippen LogP contribution is -2.29. The van der Waals surface area contributed by atoms with Gasteiger partial charge in [0.15, 0.2) is 0 Å². The van der Waals surface area contributed by atoms with E-state index >= 15 is 0 Å². The van der Waals surface area contributed by atoms with Gasteiger partial charge >= 0.3 is 11.9 Å². The van der Waals surface area contributed by atoms with Crippen molar-refractivity contribution >= 4 is 55.1 Å². The van der Waals surface area contributed by atoms with Gasteiger partial charge in [0.05, 0.1) is 0 Å². The molecule has 0 aliphatic heterocycles. The molecule has 0 radical (unpaired) electrons. The Hall–Kier alpha value is -0.220. The third-order valence-electron chi connectivity index (χ3n) is 6.53. The van der Waals surface area contributed by atoms with Crippen LogP contribution < -0.4 is 0 Å². The van der Waals surface area contributed by atoms with Crippen LogP contribution in [0, 0.1) is 0 Å². The summed E-state index contributed by atoms with van der Waals surface area (Å²) < 4.78 is 11.2. The van der Waals surface area contributed by atoms with Crippen LogP contribution in [-0.2, 0) is 19.1 Å². The lowest BCUT2D eigenvalue weighted by atomic mass is 10.1. The molecule has 5 nitrogen and oxygen atoms in total. The van der Waals surface area contributed by atoms with Crippen molar-refractivity contribution in [3.8, 4) is 0 Å². The van der Waals surface area contributed by atoms with Crippen molar-refractivity contribution in [3.63, 3.8) is 0 Å². The van der Waals surface area contributed by atoms with E-state index in [1.807, 2.05) is 57.3 Å². The predicted octanol–water partition coefficient (Wildman–Crippen LogP) is 10.5. The second-order valence-corrected chi connectivity index (χ2v) is 16.5. The van der Waals surface area contributed by atoms with Gasteiger partial charge in [0, 0.05) is 48.8 Å². The average molecular weight is 678 g/mol. The van der Waals surface area contributed by atoms with Crippen molar-refractivity contribution in [2.75, 3.05) is 50.3 Å². The zero-order valence-electron chi connectivity index (χ0n) is 27.9. The monoisotopic (exact) mass is 677 g/mol. The summed E-state index contributed by atoms with van der Waals surface area (Å²) in [5.41, 5.74) is 0.